The van der Waals surface area contributed by atoms with Crippen LogP contribution in [0.4, 0.5) is 10.5 Å². The first-order valence-electron chi connectivity index (χ1n) is 8.11. The van der Waals surface area contributed by atoms with Gasteiger partial charge in [0.05, 0.1) is 17.8 Å². The standard InChI is InChI=1S/C19H18N2O3/c1-2-17-19(13-16(20-24-19)14-9-5-3-6-10-14)21(18(22)23-17)15-11-7-4-8-12-15/h3-12,17H,2,13H2,1H3. The number of ether oxygens (including phenoxy) is 1. The van der Waals surface area contributed by atoms with Crippen molar-refractivity contribution in [1.82, 2.24) is 0 Å². The molecule has 2 atom stereocenters. The number of rotatable bonds is 3. The van der Waals surface area contributed by atoms with Gasteiger partial charge in [0.2, 0.25) is 0 Å². The summed E-state index contributed by atoms with van der Waals surface area (Å²) in [5.41, 5.74) is 1.66. The smallest absolute Gasteiger partial charge is 0.418 e. The number of hydrogen-bond acceptors (Lipinski definition) is 4. The summed E-state index contributed by atoms with van der Waals surface area (Å²) in [6.07, 6.45) is 0.399. The van der Waals surface area contributed by atoms with Crippen molar-refractivity contribution >= 4 is 17.5 Å². The second kappa shape index (κ2) is 5.67. The predicted molar refractivity (Wildman–Crippen MR) is 90.9 cm³/mol. The molecule has 0 aliphatic carbocycles. The third-order valence-corrected chi connectivity index (χ3v) is 4.53. The zero-order valence-electron chi connectivity index (χ0n) is 13.4. The van der Waals surface area contributed by atoms with E-state index in [1.54, 1.807) is 4.90 Å². The molecule has 122 valence electrons. The van der Waals surface area contributed by atoms with Gasteiger partial charge in [-0.15, -0.1) is 0 Å². The molecule has 24 heavy (non-hydrogen) atoms. The lowest BCUT2D eigenvalue weighted by atomic mass is 9.94. The maximum Gasteiger partial charge on any atom is 0.418 e. The minimum absolute atomic E-state index is 0.366. The van der Waals surface area contributed by atoms with E-state index in [4.69, 9.17) is 9.57 Å². The maximum absolute atomic E-state index is 12.5. The Morgan fingerprint density at radius 3 is 2.46 bits per heavy atom. The first-order chi connectivity index (χ1) is 11.7. The molecule has 2 aliphatic heterocycles. The van der Waals surface area contributed by atoms with E-state index < -0.39 is 11.8 Å². The number of benzene rings is 2. The van der Waals surface area contributed by atoms with E-state index in [1.807, 2.05) is 67.6 Å². The fourth-order valence-corrected chi connectivity index (χ4v) is 3.38. The molecule has 1 amide bonds. The predicted octanol–water partition coefficient (Wildman–Crippen LogP) is 3.94. The van der Waals surface area contributed by atoms with Gasteiger partial charge in [-0.1, -0.05) is 60.6 Å². The Kier molecular flexibility index (Phi) is 3.49. The number of carbonyl (C=O) groups is 1. The van der Waals surface area contributed by atoms with Crippen LogP contribution < -0.4 is 4.90 Å². The van der Waals surface area contributed by atoms with Gasteiger partial charge in [-0.3, -0.25) is 0 Å². The number of cyclic esters (lactones) is 1. The molecule has 1 spiro atoms. The molecule has 2 heterocycles. The molecule has 2 aromatic carbocycles. The van der Waals surface area contributed by atoms with E-state index in [1.165, 1.54) is 0 Å². The molecule has 0 aromatic heterocycles. The van der Waals surface area contributed by atoms with Crippen LogP contribution in [0.3, 0.4) is 0 Å². The van der Waals surface area contributed by atoms with Crippen molar-refractivity contribution in [3.63, 3.8) is 0 Å². The zero-order valence-corrected chi connectivity index (χ0v) is 13.4. The van der Waals surface area contributed by atoms with Gasteiger partial charge < -0.3 is 9.57 Å². The maximum atomic E-state index is 12.5. The number of oxime groups is 1. The van der Waals surface area contributed by atoms with E-state index in [2.05, 4.69) is 5.16 Å². The van der Waals surface area contributed by atoms with Gasteiger partial charge in [0.1, 0.15) is 0 Å². The number of anilines is 1. The Morgan fingerprint density at radius 1 is 1.12 bits per heavy atom. The van der Waals surface area contributed by atoms with Gasteiger partial charge in [0.25, 0.3) is 5.72 Å². The van der Waals surface area contributed by atoms with Gasteiger partial charge in [-0.25, -0.2) is 9.69 Å². The fourth-order valence-electron chi connectivity index (χ4n) is 3.38. The molecular weight excluding hydrogens is 304 g/mol. The summed E-state index contributed by atoms with van der Waals surface area (Å²) in [6, 6.07) is 19.3. The quantitative estimate of drug-likeness (QED) is 0.860. The van der Waals surface area contributed by atoms with Crippen LogP contribution in [0.5, 0.6) is 0 Å². The topological polar surface area (TPSA) is 51.1 Å². The molecule has 2 aromatic rings. The molecule has 0 bridgehead atoms. The van der Waals surface area contributed by atoms with Crippen molar-refractivity contribution in [2.45, 2.75) is 31.6 Å². The molecule has 0 saturated carbocycles. The summed E-state index contributed by atoms with van der Waals surface area (Å²) in [5, 5.41) is 4.29. The molecule has 4 rings (SSSR count). The average molecular weight is 322 g/mol. The van der Waals surface area contributed by atoms with Crippen molar-refractivity contribution in [2.24, 2.45) is 5.16 Å². The van der Waals surface area contributed by atoms with E-state index in [-0.39, 0.29) is 6.10 Å². The lowest BCUT2D eigenvalue weighted by Gasteiger charge is -2.32. The van der Waals surface area contributed by atoms with E-state index >= 15 is 0 Å². The molecule has 2 unspecified atom stereocenters. The third kappa shape index (κ3) is 2.16. The van der Waals surface area contributed by atoms with Crippen LogP contribution in [-0.2, 0) is 9.57 Å². The Hall–Kier alpha value is -2.82. The van der Waals surface area contributed by atoms with Gasteiger partial charge in [0, 0.05) is 0 Å². The Labute approximate surface area is 140 Å². The summed E-state index contributed by atoms with van der Waals surface area (Å²) in [6.45, 7) is 1.98. The SMILES string of the molecule is CCC1OC(=O)N(c2ccccc2)C12CC(c1ccccc1)=NO2. The van der Waals surface area contributed by atoms with Gasteiger partial charge in [0.15, 0.2) is 6.10 Å². The summed E-state index contributed by atoms with van der Waals surface area (Å²) < 4.78 is 5.59. The van der Waals surface area contributed by atoms with Gasteiger partial charge in [-0.2, -0.15) is 0 Å². The molecule has 1 saturated heterocycles. The Morgan fingerprint density at radius 2 is 1.79 bits per heavy atom. The highest BCUT2D eigenvalue weighted by atomic mass is 16.7. The van der Waals surface area contributed by atoms with Crippen molar-refractivity contribution in [2.75, 3.05) is 4.90 Å². The third-order valence-electron chi connectivity index (χ3n) is 4.53. The molecule has 5 heteroatoms. The Bertz CT molecular complexity index is 776. The van der Waals surface area contributed by atoms with Crippen LogP contribution in [0.25, 0.3) is 0 Å². The number of carbonyl (C=O) groups excluding carboxylic acids is 1. The normalized spacial score (nSPS) is 25.5. The molecule has 5 nitrogen and oxygen atoms in total. The number of amides is 1. The second-order valence-corrected chi connectivity index (χ2v) is 5.97. The second-order valence-electron chi connectivity index (χ2n) is 5.97. The highest BCUT2D eigenvalue weighted by Gasteiger charge is 2.60. The highest BCUT2D eigenvalue weighted by Crippen LogP contribution is 2.43. The van der Waals surface area contributed by atoms with Crippen LogP contribution in [0.2, 0.25) is 0 Å². The van der Waals surface area contributed by atoms with Crippen LogP contribution >= 0.6 is 0 Å². The van der Waals surface area contributed by atoms with Crippen molar-refractivity contribution in [3.05, 3.63) is 66.2 Å². The minimum atomic E-state index is -0.918. The van der Waals surface area contributed by atoms with E-state index in [0.29, 0.717) is 12.8 Å². The molecule has 2 aliphatic rings. The molecule has 0 N–H and O–H groups in total. The van der Waals surface area contributed by atoms with Crippen LogP contribution in [0.15, 0.2) is 65.8 Å². The number of nitrogens with zero attached hydrogens (tertiary/aromatic N) is 2. The van der Waals surface area contributed by atoms with Gasteiger partial charge >= 0.3 is 6.09 Å². The zero-order chi connectivity index (χ0) is 16.6. The lowest BCUT2D eigenvalue weighted by molar-refractivity contribution is -0.0668. The lowest BCUT2D eigenvalue weighted by Crippen LogP contribution is -2.51. The van der Waals surface area contributed by atoms with Crippen molar-refractivity contribution in [3.8, 4) is 0 Å². The minimum Gasteiger partial charge on any atom is -0.439 e. The fraction of sp³-hybridized carbons (Fsp3) is 0.263. The van der Waals surface area contributed by atoms with Crippen LogP contribution in [0.1, 0.15) is 25.3 Å². The van der Waals surface area contributed by atoms with Crippen LogP contribution in [0, 0.1) is 0 Å². The summed E-state index contributed by atoms with van der Waals surface area (Å²) in [7, 11) is 0. The summed E-state index contributed by atoms with van der Waals surface area (Å²) in [4.78, 5) is 20.0. The van der Waals surface area contributed by atoms with E-state index in [0.717, 1.165) is 17.0 Å². The molecule has 1 fully saturated rings. The highest BCUT2D eigenvalue weighted by molar-refractivity contribution is 6.04. The number of para-hydroxylation sites is 1. The van der Waals surface area contributed by atoms with Crippen molar-refractivity contribution in [1.29, 1.82) is 0 Å². The van der Waals surface area contributed by atoms with Crippen LogP contribution in [-0.4, -0.2) is 23.6 Å². The molecular formula is C19H18N2O3. The summed E-state index contributed by atoms with van der Waals surface area (Å²) in [5.74, 6) is 0. The summed E-state index contributed by atoms with van der Waals surface area (Å²) >= 11 is 0. The van der Waals surface area contributed by atoms with Crippen molar-refractivity contribution < 1.29 is 14.4 Å². The Balaban J connectivity index is 1.73. The van der Waals surface area contributed by atoms with E-state index in [9.17, 15) is 4.79 Å². The first kappa shape index (κ1) is 14.8. The van der Waals surface area contributed by atoms with Gasteiger partial charge in [-0.05, 0) is 24.1 Å². The largest absolute Gasteiger partial charge is 0.439 e. The average Bonchev–Trinajstić information content (AvgIpc) is 3.18. The molecule has 0 radical (unpaired) electrons. The number of hydrogen-bond donors (Lipinski definition) is 0. The first-order valence-corrected chi connectivity index (χ1v) is 8.11. The monoisotopic (exact) mass is 322 g/mol.